The fourth-order valence-corrected chi connectivity index (χ4v) is 8.30. The number of esters is 3. The van der Waals surface area contributed by atoms with E-state index in [0.29, 0.717) is 19.3 Å². The number of ether oxygens (including phenoxy) is 3. The highest BCUT2D eigenvalue weighted by Gasteiger charge is 2.19. The first-order chi connectivity index (χ1) is 37.5. The molecule has 0 aromatic heterocycles. The van der Waals surface area contributed by atoms with Crippen molar-refractivity contribution >= 4 is 17.9 Å². The monoisotopic (exact) mass is 1050 g/mol. The van der Waals surface area contributed by atoms with Gasteiger partial charge in [-0.15, -0.1) is 0 Å². The highest BCUT2D eigenvalue weighted by Crippen LogP contribution is 2.15. The van der Waals surface area contributed by atoms with Crippen molar-refractivity contribution in [1.82, 2.24) is 0 Å². The van der Waals surface area contributed by atoms with Gasteiger partial charge in [0.05, 0.1) is 0 Å². The molecule has 430 valence electrons. The molecule has 0 N–H and O–H groups in total. The second-order valence-electron chi connectivity index (χ2n) is 20.2. The van der Waals surface area contributed by atoms with Crippen LogP contribution >= 0.6 is 0 Å². The van der Waals surface area contributed by atoms with Gasteiger partial charge in [-0.2, -0.15) is 0 Å². The van der Waals surface area contributed by atoms with E-state index in [1.54, 1.807) is 0 Å². The molecular formula is C70H114O6. The maximum Gasteiger partial charge on any atom is 0.306 e. The zero-order valence-corrected chi connectivity index (χ0v) is 49.2. The first-order valence-corrected chi connectivity index (χ1v) is 31.2. The lowest BCUT2D eigenvalue weighted by atomic mass is 10.0. The van der Waals surface area contributed by atoms with Crippen LogP contribution in [0, 0.1) is 0 Å². The molecule has 0 rings (SSSR count). The summed E-state index contributed by atoms with van der Waals surface area (Å²) in [6, 6.07) is 0. The van der Waals surface area contributed by atoms with Crippen LogP contribution in [0.5, 0.6) is 0 Å². The third-order valence-electron chi connectivity index (χ3n) is 12.9. The highest BCUT2D eigenvalue weighted by molar-refractivity contribution is 5.71. The van der Waals surface area contributed by atoms with Crippen LogP contribution in [0.3, 0.4) is 0 Å². The first-order valence-electron chi connectivity index (χ1n) is 31.2. The van der Waals surface area contributed by atoms with Crippen molar-refractivity contribution in [3.05, 3.63) is 134 Å². The van der Waals surface area contributed by atoms with E-state index in [0.717, 1.165) is 122 Å². The lowest BCUT2D eigenvalue weighted by molar-refractivity contribution is -0.167. The molecule has 1 atom stereocenters. The zero-order chi connectivity index (χ0) is 55.0. The molecule has 0 bridgehead atoms. The number of carbonyl (C=O) groups excluding carboxylic acids is 3. The van der Waals surface area contributed by atoms with Gasteiger partial charge in [-0.1, -0.05) is 270 Å². The van der Waals surface area contributed by atoms with Crippen LogP contribution in [0.15, 0.2) is 134 Å². The van der Waals surface area contributed by atoms with Gasteiger partial charge in [0, 0.05) is 19.3 Å². The molecule has 0 fully saturated rings. The molecule has 0 aliphatic carbocycles. The maximum atomic E-state index is 12.8. The van der Waals surface area contributed by atoms with Gasteiger partial charge in [-0.3, -0.25) is 14.4 Å². The molecule has 0 radical (unpaired) electrons. The second-order valence-corrected chi connectivity index (χ2v) is 20.2. The molecule has 0 aromatic rings. The number of allylic oxidation sites excluding steroid dienone is 22. The van der Waals surface area contributed by atoms with E-state index in [2.05, 4.69) is 154 Å². The van der Waals surface area contributed by atoms with Crippen LogP contribution in [-0.2, 0) is 28.6 Å². The quantitative estimate of drug-likeness (QED) is 0.0261. The number of hydrogen-bond acceptors (Lipinski definition) is 6. The van der Waals surface area contributed by atoms with E-state index in [4.69, 9.17) is 14.2 Å². The maximum absolute atomic E-state index is 12.8. The summed E-state index contributed by atoms with van der Waals surface area (Å²) >= 11 is 0. The highest BCUT2D eigenvalue weighted by atomic mass is 16.6. The molecule has 0 aliphatic heterocycles. The Balaban J connectivity index is 4.24. The molecular weight excluding hydrogens is 937 g/mol. The smallest absolute Gasteiger partial charge is 0.306 e. The van der Waals surface area contributed by atoms with Gasteiger partial charge in [0.2, 0.25) is 0 Å². The Labute approximate surface area is 468 Å². The summed E-state index contributed by atoms with van der Waals surface area (Å²) in [5, 5.41) is 0. The van der Waals surface area contributed by atoms with E-state index in [1.165, 1.54) is 103 Å². The van der Waals surface area contributed by atoms with E-state index in [1.807, 2.05) is 0 Å². The number of rotatable bonds is 55. The van der Waals surface area contributed by atoms with Crippen molar-refractivity contribution < 1.29 is 28.6 Å². The average molecular weight is 1050 g/mol. The van der Waals surface area contributed by atoms with E-state index in [-0.39, 0.29) is 37.5 Å². The van der Waals surface area contributed by atoms with Crippen molar-refractivity contribution in [2.45, 2.75) is 277 Å². The number of hydrogen-bond donors (Lipinski definition) is 0. The van der Waals surface area contributed by atoms with E-state index >= 15 is 0 Å². The Bertz CT molecular complexity index is 1630. The standard InChI is InChI=1S/C70H114O6/c1-4-7-10-13-16-19-21-23-25-27-29-31-32-33-34-35-36-37-38-40-41-43-45-47-49-51-54-57-60-63-69(72)75-66-67(65-74-68(71)62-59-56-53-18-15-12-9-6-3)76-70(73)64-61-58-55-52-50-48-46-44-42-39-30-28-26-24-22-20-17-14-11-8-5-2/h7-8,10-11,16-17,19-20,23-26,29-31,33-34,39,44,46,50,52,67H,4-6,9,12-15,18,21-22,27-28,32,35-38,40-43,45,47-49,51,53-66H2,1-3H3/b10-7-,11-8-,19-16-,20-17-,25-23-,26-24-,31-29-,34-33-,39-30-,46-44-,52-50-. The Morgan fingerprint density at radius 2 is 0.513 bits per heavy atom. The Morgan fingerprint density at radius 1 is 0.276 bits per heavy atom. The molecule has 6 heteroatoms. The summed E-state index contributed by atoms with van der Waals surface area (Å²) in [6.45, 7) is 6.35. The summed E-state index contributed by atoms with van der Waals surface area (Å²) in [6.07, 6.45) is 89.0. The minimum atomic E-state index is -0.803. The Hall–Kier alpha value is -4.45. The molecule has 0 spiro atoms. The molecule has 0 saturated carbocycles. The SMILES string of the molecule is CC/C=C\C/C=C\C/C=C\C/C=C\C/C=C\C/C=C\CCCCC(=O)OC(COC(=O)CCCCCCCCCC)COC(=O)CCCCCCCCCCCCCCC/C=C\C/C=C\C/C=C\C/C=C\C/C=C\CC. The minimum absolute atomic E-state index is 0.0974. The summed E-state index contributed by atoms with van der Waals surface area (Å²) < 4.78 is 16.8. The van der Waals surface area contributed by atoms with Crippen molar-refractivity contribution in [3.8, 4) is 0 Å². The third kappa shape index (κ3) is 60.4. The molecule has 0 saturated heterocycles. The lowest BCUT2D eigenvalue weighted by Gasteiger charge is -2.18. The van der Waals surface area contributed by atoms with Crippen molar-refractivity contribution in [1.29, 1.82) is 0 Å². The van der Waals surface area contributed by atoms with Gasteiger partial charge in [0.15, 0.2) is 6.10 Å². The second kappa shape index (κ2) is 63.1. The van der Waals surface area contributed by atoms with Crippen molar-refractivity contribution in [2.75, 3.05) is 13.2 Å². The van der Waals surface area contributed by atoms with Crippen LogP contribution in [0.1, 0.15) is 271 Å². The predicted molar refractivity (Wildman–Crippen MR) is 329 cm³/mol. The molecule has 1 unspecified atom stereocenters. The van der Waals surface area contributed by atoms with Crippen molar-refractivity contribution in [2.24, 2.45) is 0 Å². The molecule has 6 nitrogen and oxygen atoms in total. The molecule has 0 heterocycles. The molecule has 0 amide bonds. The summed E-state index contributed by atoms with van der Waals surface area (Å²) in [7, 11) is 0. The van der Waals surface area contributed by atoms with Crippen LogP contribution < -0.4 is 0 Å². The summed E-state index contributed by atoms with van der Waals surface area (Å²) in [4.78, 5) is 38.1. The lowest BCUT2D eigenvalue weighted by Crippen LogP contribution is -2.30. The Kier molecular flexibility index (Phi) is 59.4. The number of unbranched alkanes of at least 4 members (excludes halogenated alkanes) is 22. The topological polar surface area (TPSA) is 78.9 Å². The van der Waals surface area contributed by atoms with E-state index < -0.39 is 6.10 Å². The van der Waals surface area contributed by atoms with Crippen LogP contribution in [0.2, 0.25) is 0 Å². The minimum Gasteiger partial charge on any atom is -0.462 e. The van der Waals surface area contributed by atoms with Gasteiger partial charge < -0.3 is 14.2 Å². The van der Waals surface area contributed by atoms with Crippen molar-refractivity contribution in [3.63, 3.8) is 0 Å². The van der Waals surface area contributed by atoms with Gasteiger partial charge in [0.25, 0.3) is 0 Å². The fraction of sp³-hybridized carbons (Fsp3) is 0.643. The zero-order valence-electron chi connectivity index (χ0n) is 49.2. The van der Waals surface area contributed by atoms with Gasteiger partial charge in [0.1, 0.15) is 13.2 Å². The van der Waals surface area contributed by atoms with Crippen LogP contribution in [0.4, 0.5) is 0 Å². The van der Waals surface area contributed by atoms with Gasteiger partial charge in [-0.25, -0.2) is 0 Å². The predicted octanol–water partition coefficient (Wildman–Crippen LogP) is 21.4. The van der Waals surface area contributed by atoms with Gasteiger partial charge >= 0.3 is 17.9 Å². The van der Waals surface area contributed by atoms with Gasteiger partial charge in [-0.05, 0) is 116 Å². The largest absolute Gasteiger partial charge is 0.462 e. The number of carbonyl (C=O) groups is 3. The van der Waals surface area contributed by atoms with Crippen LogP contribution in [-0.4, -0.2) is 37.2 Å². The molecule has 76 heavy (non-hydrogen) atoms. The third-order valence-corrected chi connectivity index (χ3v) is 12.9. The first kappa shape index (κ1) is 71.5. The average Bonchev–Trinajstić information content (AvgIpc) is 3.42. The summed E-state index contributed by atoms with van der Waals surface area (Å²) in [5.74, 6) is -0.947. The fourth-order valence-electron chi connectivity index (χ4n) is 8.30. The molecule has 0 aromatic carbocycles. The van der Waals surface area contributed by atoms with Crippen LogP contribution in [0.25, 0.3) is 0 Å². The Morgan fingerprint density at radius 3 is 0.829 bits per heavy atom. The van der Waals surface area contributed by atoms with E-state index in [9.17, 15) is 14.4 Å². The summed E-state index contributed by atoms with van der Waals surface area (Å²) in [5.41, 5.74) is 0. The normalized spacial score (nSPS) is 13.0. The molecule has 0 aliphatic rings.